The summed E-state index contributed by atoms with van der Waals surface area (Å²) in [6, 6.07) is 8.66. The zero-order chi connectivity index (χ0) is 20.5. The molecule has 29 heavy (non-hydrogen) atoms. The lowest BCUT2D eigenvalue weighted by atomic mass is 9.81. The van der Waals surface area contributed by atoms with E-state index >= 15 is 0 Å². The fourth-order valence-electron chi connectivity index (χ4n) is 3.25. The number of benzene rings is 1. The average molecular weight is 405 g/mol. The van der Waals surface area contributed by atoms with Crippen molar-refractivity contribution in [2.24, 2.45) is 0 Å². The van der Waals surface area contributed by atoms with Gasteiger partial charge in [-0.2, -0.15) is 0 Å². The molecular weight excluding hydrogens is 391 g/mol. The van der Waals surface area contributed by atoms with Crippen molar-refractivity contribution in [2.45, 2.75) is 18.3 Å². The number of amides is 1. The molecule has 1 aliphatic heterocycles. The molecule has 2 N–H and O–H groups in total. The Kier molecular flexibility index (Phi) is 4.57. The van der Waals surface area contributed by atoms with Gasteiger partial charge >= 0.3 is 6.36 Å². The summed E-state index contributed by atoms with van der Waals surface area (Å²) in [7, 11) is 0. The molecule has 4 rings (SSSR count). The highest BCUT2D eigenvalue weighted by Crippen LogP contribution is 2.41. The van der Waals surface area contributed by atoms with Crippen LogP contribution in [-0.4, -0.2) is 39.0 Å². The minimum Gasteiger partial charge on any atom is -0.491 e. The van der Waals surface area contributed by atoms with Gasteiger partial charge < -0.3 is 19.8 Å². The molecular formula is C18H14F3N5O3. The maximum atomic E-state index is 12.7. The zero-order valence-corrected chi connectivity index (χ0v) is 14.7. The smallest absolute Gasteiger partial charge is 0.491 e. The lowest BCUT2D eigenvalue weighted by Crippen LogP contribution is -2.50. The molecule has 0 spiro atoms. The molecule has 0 radical (unpaired) electrons. The largest absolute Gasteiger partial charge is 0.573 e. The summed E-state index contributed by atoms with van der Waals surface area (Å²) >= 11 is 0. The number of fused-ring (bicyclic) bond motifs is 1. The number of pyridine rings is 1. The van der Waals surface area contributed by atoms with Crippen LogP contribution in [0.5, 0.6) is 11.5 Å². The lowest BCUT2D eigenvalue weighted by Gasteiger charge is -2.38. The van der Waals surface area contributed by atoms with Gasteiger partial charge in [-0.1, -0.05) is 12.1 Å². The molecule has 3 heterocycles. The average Bonchev–Trinajstić information content (AvgIpc) is 3.22. The third kappa shape index (κ3) is 3.71. The van der Waals surface area contributed by atoms with Crippen molar-refractivity contribution in [1.29, 1.82) is 0 Å². The summed E-state index contributed by atoms with van der Waals surface area (Å²) in [5.41, 5.74) is -0.193. The second kappa shape index (κ2) is 7.08. The Morgan fingerprint density at radius 3 is 2.72 bits per heavy atom. The molecule has 0 aliphatic carbocycles. The van der Waals surface area contributed by atoms with Crippen LogP contribution in [0.4, 0.5) is 13.2 Å². The monoisotopic (exact) mass is 405 g/mol. The van der Waals surface area contributed by atoms with Gasteiger partial charge in [-0.15, -0.1) is 23.4 Å². The number of ether oxygens (including phenoxy) is 2. The standard InChI is InChI=1S/C18H14F3N5O3/c19-18(20,21)29-12-5-3-11(4-6-12)17(25-16(27)15-23-10-24-26-15)7-9-28-13-2-1-8-22-14(13)17/h1-6,8,10H,7,9H2,(H,25,27)(H,23,24,26)/t17-/m0/s1. The molecule has 1 aliphatic rings. The van der Waals surface area contributed by atoms with E-state index in [0.717, 1.165) is 0 Å². The van der Waals surface area contributed by atoms with Crippen LogP contribution in [0, 0.1) is 0 Å². The van der Waals surface area contributed by atoms with E-state index in [0.29, 0.717) is 23.4 Å². The number of alkyl halides is 3. The van der Waals surface area contributed by atoms with Crippen LogP contribution in [0.3, 0.4) is 0 Å². The Morgan fingerprint density at radius 2 is 2.03 bits per heavy atom. The number of rotatable bonds is 4. The number of halogens is 3. The quantitative estimate of drug-likeness (QED) is 0.692. The number of hydrogen-bond donors (Lipinski definition) is 2. The molecule has 3 aromatic rings. The third-order valence-corrected chi connectivity index (χ3v) is 4.45. The maximum Gasteiger partial charge on any atom is 0.573 e. The van der Waals surface area contributed by atoms with Gasteiger partial charge in [-0.3, -0.25) is 9.78 Å². The van der Waals surface area contributed by atoms with E-state index in [1.54, 1.807) is 18.3 Å². The Hall–Kier alpha value is -3.63. The predicted molar refractivity (Wildman–Crippen MR) is 92.1 cm³/mol. The molecule has 8 nitrogen and oxygen atoms in total. The van der Waals surface area contributed by atoms with Gasteiger partial charge in [0.05, 0.1) is 6.61 Å². The Bertz CT molecular complexity index is 1010. The second-order valence-corrected chi connectivity index (χ2v) is 6.22. The van der Waals surface area contributed by atoms with Gasteiger partial charge in [-0.05, 0) is 29.8 Å². The first kappa shape index (κ1) is 18.7. The van der Waals surface area contributed by atoms with E-state index in [-0.39, 0.29) is 18.2 Å². The summed E-state index contributed by atoms with van der Waals surface area (Å²) in [6.45, 7) is 0.260. The molecule has 11 heteroatoms. The Balaban J connectivity index is 1.77. The Labute approximate surface area is 162 Å². The summed E-state index contributed by atoms with van der Waals surface area (Å²) in [5, 5.41) is 10.2. The van der Waals surface area contributed by atoms with Crippen LogP contribution in [0.25, 0.3) is 0 Å². The fourth-order valence-corrected chi connectivity index (χ4v) is 3.25. The summed E-state index contributed by atoms with van der Waals surface area (Å²) in [4.78, 5) is 19.7. The number of nitrogens with zero attached hydrogens (tertiary/aromatic N) is 3. The van der Waals surface area contributed by atoms with E-state index < -0.39 is 17.8 Å². The molecule has 1 atom stereocenters. The normalized spacial score (nSPS) is 18.4. The topological polar surface area (TPSA) is 102 Å². The predicted octanol–water partition coefficient (Wildman–Crippen LogP) is 2.55. The van der Waals surface area contributed by atoms with Crippen LogP contribution in [0.1, 0.15) is 28.3 Å². The van der Waals surface area contributed by atoms with Crippen LogP contribution < -0.4 is 14.8 Å². The molecule has 0 bridgehead atoms. The van der Waals surface area contributed by atoms with Gasteiger partial charge in [0.2, 0.25) is 5.82 Å². The number of aromatic amines is 1. The second-order valence-electron chi connectivity index (χ2n) is 6.22. The lowest BCUT2D eigenvalue weighted by molar-refractivity contribution is -0.274. The highest BCUT2D eigenvalue weighted by Gasteiger charge is 2.43. The Morgan fingerprint density at radius 1 is 1.24 bits per heavy atom. The first-order chi connectivity index (χ1) is 13.9. The van der Waals surface area contributed by atoms with Crippen LogP contribution in [-0.2, 0) is 5.54 Å². The van der Waals surface area contributed by atoms with Crippen LogP contribution in [0.15, 0.2) is 48.9 Å². The molecule has 1 aromatic carbocycles. The summed E-state index contributed by atoms with van der Waals surface area (Å²) in [6.07, 6.45) is -1.69. The van der Waals surface area contributed by atoms with Gasteiger partial charge in [-0.25, -0.2) is 0 Å². The summed E-state index contributed by atoms with van der Waals surface area (Å²) < 4.78 is 47.0. The minimum atomic E-state index is -4.80. The first-order valence-corrected chi connectivity index (χ1v) is 8.50. The third-order valence-electron chi connectivity index (χ3n) is 4.45. The van der Waals surface area contributed by atoms with Crippen molar-refractivity contribution in [3.05, 3.63) is 66.0 Å². The number of carbonyl (C=O) groups excluding carboxylic acids is 1. The fraction of sp³-hybridized carbons (Fsp3) is 0.222. The van der Waals surface area contributed by atoms with Crippen LogP contribution >= 0.6 is 0 Å². The van der Waals surface area contributed by atoms with Crippen molar-refractivity contribution >= 4 is 5.91 Å². The maximum absolute atomic E-state index is 12.7. The number of aromatic nitrogens is 4. The number of H-pyrrole nitrogens is 1. The molecule has 150 valence electrons. The highest BCUT2D eigenvalue weighted by atomic mass is 19.4. The van der Waals surface area contributed by atoms with Crippen molar-refractivity contribution in [2.75, 3.05) is 6.61 Å². The molecule has 0 saturated heterocycles. The van der Waals surface area contributed by atoms with Crippen molar-refractivity contribution in [3.8, 4) is 11.5 Å². The minimum absolute atomic E-state index is 0.00891. The zero-order valence-electron chi connectivity index (χ0n) is 14.7. The van der Waals surface area contributed by atoms with Gasteiger partial charge in [0.25, 0.3) is 5.91 Å². The number of hydrogen-bond acceptors (Lipinski definition) is 6. The first-order valence-electron chi connectivity index (χ1n) is 8.50. The van der Waals surface area contributed by atoms with Crippen molar-refractivity contribution in [3.63, 3.8) is 0 Å². The molecule has 1 amide bonds. The SMILES string of the molecule is O=C(N[C@]1(c2ccc(OC(F)(F)F)cc2)CCOc2cccnc21)c1nnc[nH]1. The molecule has 2 aromatic heterocycles. The van der Waals surface area contributed by atoms with E-state index in [1.807, 2.05) is 0 Å². The van der Waals surface area contributed by atoms with E-state index in [9.17, 15) is 18.0 Å². The van der Waals surface area contributed by atoms with Crippen molar-refractivity contribution < 1.29 is 27.4 Å². The van der Waals surface area contributed by atoms with E-state index in [4.69, 9.17) is 4.74 Å². The van der Waals surface area contributed by atoms with Gasteiger partial charge in [0.15, 0.2) is 0 Å². The van der Waals surface area contributed by atoms with Crippen molar-refractivity contribution in [1.82, 2.24) is 25.5 Å². The van der Waals surface area contributed by atoms with E-state index in [2.05, 4.69) is 30.2 Å². The highest BCUT2D eigenvalue weighted by molar-refractivity contribution is 5.91. The van der Waals surface area contributed by atoms with Gasteiger partial charge in [0, 0.05) is 12.6 Å². The number of nitrogens with one attached hydrogen (secondary N) is 2. The molecule has 0 saturated carbocycles. The molecule has 0 unspecified atom stereocenters. The molecule has 0 fully saturated rings. The van der Waals surface area contributed by atoms with E-state index in [1.165, 1.54) is 30.6 Å². The van der Waals surface area contributed by atoms with Crippen LogP contribution in [0.2, 0.25) is 0 Å². The number of carbonyl (C=O) groups is 1. The van der Waals surface area contributed by atoms with Gasteiger partial charge in [0.1, 0.15) is 29.1 Å². The summed E-state index contributed by atoms with van der Waals surface area (Å²) in [5.74, 6) is -0.458.